The van der Waals surface area contributed by atoms with Crippen LogP contribution >= 0.6 is 11.6 Å². The molecule has 3 heterocycles. The maximum Gasteiger partial charge on any atom is 0.255 e. The lowest BCUT2D eigenvalue weighted by molar-refractivity contribution is 0.0575. The van der Waals surface area contributed by atoms with Crippen LogP contribution in [0.2, 0.25) is 5.02 Å². The highest BCUT2D eigenvalue weighted by molar-refractivity contribution is 6.30. The smallest absolute Gasteiger partial charge is 0.255 e. The van der Waals surface area contributed by atoms with E-state index in [1.165, 1.54) is 6.42 Å². The van der Waals surface area contributed by atoms with Crippen molar-refractivity contribution in [3.8, 4) is 11.4 Å². The van der Waals surface area contributed by atoms with Gasteiger partial charge in [0.25, 0.3) is 5.91 Å². The van der Waals surface area contributed by atoms with Gasteiger partial charge in [-0.25, -0.2) is 9.97 Å². The zero-order valence-electron chi connectivity index (χ0n) is 17.5. The number of rotatable bonds is 5. The summed E-state index contributed by atoms with van der Waals surface area (Å²) >= 11 is 5.97. The Bertz CT molecular complexity index is 1090. The molecule has 0 unspecified atom stereocenters. The first-order valence-corrected chi connectivity index (χ1v) is 11.3. The molecular formula is C25H25ClN4O. The average Bonchev–Trinajstić information content (AvgIpc) is 3.58. The first kappa shape index (κ1) is 20.1. The largest absolute Gasteiger partial charge is 0.332 e. The maximum absolute atomic E-state index is 13.9. The van der Waals surface area contributed by atoms with Crippen LogP contribution in [0.15, 0.2) is 55.0 Å². The summed E-state index contributed by atoms with van der Waals surface area (Å²) in [5.74, 6) is 1.35. The van der Waals surface area contributed by atoms with E-state index < -0.39 is 0 Å². The summed E-state index contributed by atoms with van der Waals surface area (Å²) in [4.78, 5) is 29.3. The number of aryl methyl sites for hydroxylation is 2. The second-order valence-corrected chi connectivity index (χ2v) is 9.07. The molecule has 1 saturated heterocycles. The molecule has 1 aliphatic heterocycles. The number of amides is 1. The SMILES string of the molecule is Cc1ccc(-c2ncccn2)c(C(=O)N2[C@H](CCc3ccc(Cl)cn3)CC[C@H]3C[C@H]32)c1. The molecule has 3 aromatic rings. The number of fused-ring (bicyclic) bond motifs is 1. The second-order valence-electron chi connectivity index (χ2n) is 8.63. The van der Waals surface area contributed by atoms with Gasteiger partial charge in [0.2, 0.25) is 0 Å². The van der Waals surface area contributed by atoms with E-state index in [1.54, 1.807) is 24.7 Å². The highest BCUT2D eigenvalue weighted by atomic mass is 35.5. The lowest BCUT2D eigenvalue weighted by atomic mass is 9.94. The highest BCUT2D eigenvalue weighted by Crippen LogP contribution is 2.47. The lowest BCUT2D eigenvalue weighted by Crippen LogP contribution is -2.45. The Morgan fingerprint density at radius 2 is 1.97 bits per heavy atom. The van der Waals surface area contributed by atoms with Crippen molar-refractivity contribution in [1.29, 1.82) is 0 Å². The molecule has 158 valence electrons. The highest BCUT2D eigenvalue weighted by Gasteiger charge is 2.50. The van der Waals surface area contributed by atoms with Gasteiger partial charge in [-0.05, 0) is 69.2 Å². The minimum Gasteiger partial charge on any atom is -0.332 e. The fraction of sp³-hybridized carbons (Fsp3) is 0.360. The standard InChI is InChI=1S/C25H25ClN4O/c1-16-3-10-21(24-27-11-2-12-28-24)22(13-16)25(31)30-20(8-4-17-14-23(17)30)9-7-19-6-5-18(26)15-29-19/h2-3,5-6,10-13,15,17,20,23H,4,7-9,14H2,1H3/t17-,20-,23+/m0/s1. The number of benzene rings is 1. The first-order valence-electron chi connectivity index (χ1n) is 10.9. The van der Waals surface area contributed by atoms with Crippen LogP contribution in [-0.4, -0.2) is 37.8 Å². The van der Waals surface area contributed by atoms with Crippen LogP contribution in [0, 0.1) is 12.8 Å². The van der Waals surface area contributed by atoms with Crippen molar-refractivity contribution >= 4 is 17.5 Å². The molecule has 0 bridgehead atoms. The number of pyridine rings is 1. The number of carbonyl (C=O) groups is 1. The fourth-order valence-corrected chi connectivity index (χ4v) is 4.89. The third-order valence-electron chi connectivity index (χ3n) is 6.48. The van der Waals surface area contributed by atoms with E-state index in [0.29, 0.717) is 28.4 Å². The second kappa shape index (κ2) is 8.39. The van der Waals surface area contributed by atoms with Gasteiger partial charge in [0, 0.05) is 41.9 Å². The summed E-state index contributed by atoms with van der Waals surface area (Å²) < 4.78 is 0. The summed E-state index contributed by atoms with van der Waals surface area (Å²) in [5, 5.41) is 0.647. The number of piperidine rings is 1. The van der Waals surface area contributed by atoms with E-state index >= 15 is 0 Å². The molecule has 0 spiro atoms. The lowest BCUT2D eigenvalue weighted by Gasteiger charge is -2.36. The number of hydrogen-bond acceptors (Lipinski definition) is 4. The van der Waals surface area contributed by atoms with Gasteiger partial charge >= 0.3 is 0 Å². The Morgan fingerprint density at radius 3 is 2.74 bits per heavy atom. The molecule has 2 fully saturated rings. The van der Waals surface area contributed by atoms with Gasteiger partial charge in [-0.1, -0.05) is 29.3 Å². The topological polar surface area (TPSA) is 59.0 Å². The third kappa shape index (κ3) is 4.19. The van der Waals surface area contributed by atoms with Crippen LogP contribution in [0.5, 0.6) is 0 Å². The van der Waals surface area contributed by atoms with E-state index in [0.717, 1.165) is 42.5 Å². The van der Waals surface area contributed by atoms with Gasteiger partial charge in [0.05, 0.1) is 10.6 Å². The Hall–Kier alpha value is -2.79. The molecule has 2 aliphatic rings. The van der Waals surface area contributed by atoms with E-state index in [-0.39, 0.29) is 11.9 Å². The molecule has 1 aliphatic carbocycles. The van der Waals surface area contributed by atoms with Gasteiger partial charge in [0.15, 0.2) is 5.82 Å². The molecule has 3 atom stereocenters. The van der Waals surface area contributed by atoms with E-state index in [9.17, 15) is 4.79 Å². The summed E-state index contributed by atoms with van der Waals surface area (Å²) in [6, 6.07) is 12.2. The van der Waals surface area contributed by atoms with E-state index in [2.05, 4.69) is 19.9 Å². The summed E-state index contributed by atoms with van der Waals surface area (Å²) in [6.45, 7) is 2.02. The van der Waals surface area contributed by atoms with E-state index in [1.807, 2.05) is 37.3 Å². The van der Waals surface area contributed by atoms with Gasteiger partial charge in [0.1, 0.15) is 0 Å². The van der Waals surface area contributed by atoms with Crippen LogP contribution in [0.1, 0.15) is 47.3 Å². The minimum atomic E-state index is 0.104. The molecule has 2 aromatic heterocycles. The molecule has 1 amide bonds. The molecule has 0 N–H and O–H groups in total. The number of aromatic nitrogens is 3. The third-order valence-corrected chi connectivity index (χ3v) is 6.70. The van der Waals surface area contributed by atoms with Gasteiger partial charge in [-0.3, -0.25) is 9.78 Å². The molecule has 5 nitrogen and oxygen atoms in total. The average molecular weight is 433 g/mol. The number of carbonyl (C=O) groups excluding carboxylic acids is 1. The number of likely N-dealkylation sites (tertiary alicyclic amines) is 1. The van der Waals surface area contributed by atoms with Crippen molar-refractivity contribution in [2.24, 2.45) is 5.92 Å². The molecule has 31 heavy (non-hydrogen) atoms. The summed E-state index contributed by atoms with van der Waals surface area (Å²) in [5.41, 5.74) is 3.59. The van der Waals surface area contributed by atoms with Crippen molar-refractivity contribution in [2.75, 3.05) is 0 Å². The van der Waals surface area contributed by atoms with Crippen LogP contribution < -0.4 is 0 Å². The molecule has 1 aromatic carbocycles. The Labute approximate surface area is 187 Å². The van der Waals surface area contributed by atoms with E-state index in [4.69, 9.17) is 11.6 Å². The maximum atomic E-state index is 13.9. The summed E-state index contributed by atoms with van der Waals surface area (Å²) in [6.07, 6.45) is 10.2. The number of hydrogen-bond donors (Lipinski definition) is 0. The van der Waals surface area contributed by atoms with Crippen molar-refractivity contribution < 1.29 is 4.79 Å². The first-order chi connectivity index (χ1) is 15.1. The van der Waals surface area contributed by atoms with Crippen molar-refractivity contribution in [3.05, 3.63) is 76.8 Å². The van der Waals surface area contributed by atoms with Gasteiger partial charge in [-0.15, -0.1) is 0 Å². The summed E-state index contributed by atoms with van der Waals surface area (Å²) in [7, 11) is 0. The van der Waals surface area contributed by atoms with Crippen LogP contribution in [0.3, 0.4) is 0 Å². The molecule has 0 radical (unpaired) electrons. The molecule has 6 heteroatoms. The van der Waals surface area contributed by atoms with Gasteiger partial charge < -0.3 is 4.90 Å². The van der Waals surface area contributed by atoms with Crippen molar-refractivity contribution in [2.45, 2.75) is 51.1 Å². The predicted octanol–water partition coefficient (Wildman–Crippen LogP) is 5.13. The fourth-order valence-electron chi connectivity index (χ4n) is 4.77. The van der Waals surface area contributed by atoms with Gasteiger partial charge in [-0.2, -0.15) is 0 Å². The van der Waals surface area contributed by atoms with Crippen molar-refractivity contribution in [3.63, 3.8) is 0 Å². The minimum absolute atomic E-state index is 0.104. The number of nitrogens with zero attached hydrogens (tertiary/aromatic N) is 4. The van der Waals surface area contributed by atoms with Crippen LogP contribution in [0.4, 0.5) is 0 Å². The Kier molecular flexibility index (Phi) is 5.45. The predicted molar refractivity (Wildman–Crippen MR) is 121 cm³/mol. The normalized spacial score (nSPS) is 22.1. The monoisotopic (exact) mass is 432 g/mol. The number of halogens is 1. The molecular weight excluding hydrogens is 408 g/mol. The quantitative estimate of drug-likeness (QED) is 0.561. The molecule has 5 rings (SSSR count). The Balaban J connectivity index is 1.43. The van der Waals surface area contributed by atoms with Crippen molar-refractivity contribution in [1.82, 2.24) is 19.9 Å². The zero-order chi connectivity index (χ0) is 21.4. The zero-order valence-corrected chi connectivity index (χ0v) is 18.3. The molecule has 1 saturated carbocycles. The Morgan fingerprint density at radius 1 is 1.13 bits per heavy atom. The van der Waals surface area contributed by atoms with Crippen LogP contribution in [-0.2, 0) is 6.42 Å². The van der Waals surface area contributed by atoms with Crippen LogP contribution in [0.25, 0.3) is 11.4 Å².